The van der Waals surface area contributed by atoms with Crippen molar-refractivity contribution >= 4 is 59.8 Å². The molecule has 0 aliphatic heterocycles. The van der Waals surface area contributed by atoms with Crippen LogP contribution in [0, 0.1) is 0 Å². The molecule has 7 aromatic carbocycles. The van der Waals surface area contributed by atoms with Crippen molar-refractivity contribution in [1.82, 2.24) is 15.0 Å². The van der Waals surface area contributed by atoms with Crippen molar-refractivity contribution < 1.29 is 4.42 Å². The highest BCUT2D eigenvalue weighted by atomic mass is 16.3. The average Bonchev–Trinajstić information content (AvgIpc) is 3.56. The molecule has 0 spiro atoms. The zero-order valence-electron chi connectivity index (χ0n) is 26.6. The Morgan fingerprint density at radius 1 is 0.490 bits per heavy atom. The summed E-state index contributed by atoms with van der Waals surface area (Å²) in [6.45, 7) is 0. The lowest BCUT2D eigenvalue weighted by atomic mass is 9.90. The van der Waals surface area contributed by atoms with Crippen molar-refractivity contribution in [2.45, 2.75) is 12.8 Å². The summed E-state index contributed by atoms with van der Waals surface area (Å²) in [5, 5.41) is 9.16. The fourth-order valence-corrected chi connectivity index (χ4v) is 7.36. The first-order valence-electron chi connectivity index (χ1n) is 16.7. The van der Waals surface area contributed by atoms with E-state index in [9.17, 15) is 0 Å². The van der Waals surface area contributed by atoms with Crippen LogP contribution in [0.2, 0.25) is 0 Å². The van der Waals surface area contributed by atoms with Crippen LogP contribution >= 0.6 is 0 Å². The second kappa shape index (κ2) is 11.1. The molecule has 0 saturated carbocycles. The molecule has 0 N–H and O–H groups in total. The predicted molar refractivity (Wildman–Crippen MR) is 202 cm³/mol. The van der Waals surface area contributed by atoms with Crippen molar-refractivity contribution in [2.24, 2.45) is 0 Å². The van der Waals surface area contributed by atoms with E-state index in [4.69, 9.17) is 19.4 Å². The molecule has 4 heteroatoms. The van der Waals surface area contributed by atoms with Gasteiger partial charge in [0.05, 0.1) is 0 Å². The lowest BCUT2D eigenvalue weighted by molar-refractivity contribution is 0.669. The molecule has 9 aromatic rings. The van der Waals surface area contributed by atoms with Crippen LogP contribution in [0.25, 0.3) is 94.0 Å². The van der Waals surface area contributed by atoms with Gasteiger partial charge in [-0.1, -0.05) is 127 Å². The van der Waals surface area contributed by atoms with Gasteiger partial charge in [-0.3, -0.25) is 0 Å². The molecule has 230 valence electrons. The van der Waals surface area contributed by atoms with Crippen molar-refractivity contribution in [3.63, 3.8) is 0 Å². The maximum absolute atomic E-state index is 6.42. The molecule has 0 bridgehead atoms. The summed E-state index contributed by atoms with van der Waals surface area (Å²) in [7, 11) is 0. The molecule has 0 amide bonds. The summed E-state index contributed by atoms with van der Waals surface area (Å²) >= 11 is 0. The van der Waals surface area contributed by atoms with Crippen molar-refractivity contribution in [3.8, 4) is 34.2 Å². The molecule has 49 heavy (non-hydrogen) atoms. The smallest absolute Gasteiger partial charge is 0.165 e. The van der Waals surface area contributed by atoms with Crippen molar-refractivity contribution in [2.75, 3.05) is 0 Å². The molecule has 4 nitrogen and oxygen atoms in total. The fraction of sp³-hybridized carbons (Fsp3) is 0.0444. The standard InChI is InChI=1S/C45H29N3O/c1-2-11-29(12-3-1)36-24-25-40-41(37-16-8-9-17-39(37)49-40)42(36)45-47-43(33-22-18-28-10-4-5-14-32(28)26-33)46-44(48-45)34-23-21-31-20-19-30-13-6-7-15-35(30)38(31)27-34/h1-2,4-11,13-27H,3,12H2. The lowest BCUT2D eigenvalue weighted by Crippen LogP contribution is -2.03. The normalized spacial score (nSPS) is 13.2. The molecule has 2 aromatic heterocycles. The molecule has 0 fully saturated rings. The van der Waals surface area contributed by atoms with Gasteiger partial charge >= 0.3 is 0 Å². The second-order valence-electron chi connectivity index (χ2n) is 12.7. The minimum absolute atomic E-state index is 0.633. The quantitative estimate of drug-likeness (QED) is 0.182. The lowest BCUT2D eigenvalue weighted by Gasteiger charge is -2.16. The number of benzene rings is 7. The highest BCUT2D eigenvalue weighted by molar-refractivity contribution is 6.14. The number of fused-ring (bicyclic) bond motifs is 7. The highest BCUT2D eigenvalue weighted by Crippen LogP contribution is 2.42. The first-order valence-corrected chi connectivity index (χ1v) is 16.7. The number of hydrogen-bond donors (Lipinski definition) is 0. The Kier molecular flexibility index (Phi) is 6.28. The maximum Gasteiger partial charge on any atom is 0.165 e. The number of allylic oxidation sites excluding steroid dienone is 4. The number of nitrogens with zero attached hydrogens (tertiary/aromatic N) is 3. The van der Waals surface area contributed by atoms with E-state index < -0.39 is 0 Å². The molecule has 2 heterocycles. The molecule has 0 radical (unpaired) electrons. The zero-order valence-corrected chi connectivity index (χ0v) is 26.6. The fourth-order valence-electron chi connectivity index (χ4n) is 7.36. The molecule has 0 atom stereocenters. The summed E-state index contributed by atoms with van der Waals surface area (Å²) in [5.41, 5.74) is 6.91. The Labute approximate surface area is 282 Å². The number of rotatable bonds is 4. The minimum Gasteiger partial charge on any atom is -0.456 e. The molecule has 1 aliphatic rings. The van der Waals surface area contributed by atoms with Gasteiger partial charge in [-0.15, -0.1) is 0 Å². The van der Waals surface area contributed by atoms with Crippen LogP contribution in [0.15, 0.2) is 156 Å². The number of furan rings is 1. The second-order valence-corrected chi connectivity index (χ2v) is 12.7. The van der Waals surface area contributed by atoms with Gasteiger partial charge < -0.3 is 4.42 Å². The first-order chi connectivity index (χ1) is 24.3. The monoisotopic (exact) mass is 627 g/mol. The Morgan fingerprint density at radius 3 is 1.96 bits per heavy atom. The third-order valence-corrected chi connectivity index (χ3v) is 9.77. The van der Waals surface area contributed by atoms with Gasteiger partial charge in [0.2, 0.25) is 0 Å². The van der Waals surface area contributed by atoms with Gasteiger partial charge in [-0.05, 0) is 80.6 Å². The van der Waals surface area contributed by atoms with Gasteiger partial charge in [0.15, 0.2) is 17.5 Å². The zero-order chi connectivity index (χ0) is 32.3. The van der Waals surface area contributed by atoms with E-state index in [1.165, 1.54) is 32.5 Å². The Hall–Kier alpha value is -6.39. The van der Waals surface area contributed by atoms with Gasteiger partial charge in [0.1, 0.15) is 11.2 Å². The summed E-state index contributed by atoms with van der Waals surface area (Å²) in [6.07, 6.45) is 8.52. The molecule has 10 rings (SSSR count). The van der Waals surface area contributed by atoms with Crippen LogP contribution in [0.3, 0.4) is 0 Å². The average molecular weight is 628 g/mol. The van der Waals surface area contributed by atoms with Gasteiger partial charge in [0, 0.05) is 27.5 Å². The van der Waals surface area contributed by atoms with E-state index in [-0.39, 0.29) is 0 Å². The summed E-state index contributed by atoms with van der Waals surface area (Å²) in [5.74, 6) is 1.90. The van der Waals surface area contributed by atoms with Gasteiger partial charge in [-0.2, -0.15) is 0 Å². The van der Waals surface area contributed by atoms with E-state index >= 15 is 0 Å². The third kappa shape index (κ3) is 4.64. The SMILES string of the molecule is C1=CCCC(c2ccc3oc4ccccc4c3c2-c2nc(-c3ccc4ccccc4c3)nc(-c3ccc4ccc5ccccc5c4c3)n2)=C1. The van der Waals surface area contributed by atoms with Crippen molar-refractivity contribution in [1.29, 1.82) is 0 Å². The number of hydrogen-bond acceptors (Lipinski definition) is 4. The van der Waals surface area contributed by atoms with Crippen LogP contribution in [0.5, 0.6) is 0 Å². The summed E-state index contributed by atoms with van der Waals surface area (Å²) in [4.78, 5) is 15.8. The van der Waals surface area contributed by atoms with E-state index in [2.05, 4.69) is 140 Å². The first kappa shape index (κ1) is 27.7. The van der Waals surface area contributed by atoms with Crippen molar-refractivity contribution in [3.05, 3.63) is 157 Å². The third-order valence-electron chi connectivity index (χ3n) is 9.77. The topological polar surface area (TPSA) is 51.8 Å². The van der Waals surface area contributed by atoms with Gasteiger partial charge in [-0.25, -0.2) is 15.0 Å². The van der Waals surface area contributed by atoms with E-state index in [1.54, 1.807) is 0 Å². The Morgan fingerprint density at radius 2 is 1.14 bits per heavy atom. The number of para-hydroxylation sites is 1. The largest absolute Gasteiger partial charge is 0.456 e. The molecular weight excluding hydrogens is 599 g/mol. The molecule has 0 saturated heterocycles. The minimum atomic E-state index is 0.633. The van der Waals surface area contributed by atoms with Crippen LogP contribution in [-0.4, -0.2) is 15.0 Å². The highest BCUT2D eigenvalue weighted by Gasteiger charge is 2.23. The van der Waals surface area contributed by atoms with E-state index in [0.717, 1.165) is 62.4 Å². The summed E-state index contributed by atoms with van der Waals surface area (Å²) in [6, 6.07) is 46.8. The van der Waals surface area contributed by atoms with Crippen LogP contribution < -0.4 is 0 Å². The maximum atomic E-state index is 6.42. The predicted octanol–water partition coefficient (Wildman–Crippen LogP) is 12.0. The summed E-state index contributed by atoms with van der Waals surface area (Å²) < 4.78 is 6.42. The Bertz CT molecular complexity index is 2840. The van der Waals surface area contributed by atoms with E-state index in [0.29, 0.717) is 17.5 Å². The molecule has 0 unspecified atom stereocenters. The van der Waals surface area contributed by atoms with Crippen LogP contribution in [0.4, 0.5) is 0 Å². The number of aromatic nitrogens is 3. The molecular formula is C45H29N3O. The van der Waals surface area contributed by atoms with Crippen LogP contribution in [-0.2, 0) is 0 Å². The van der Waals surface area contributed by atoms with Crippen LogP contribution in [0.1, 0.15) is 18.4 Å². The Balaban J connectivity index is 1.29. The van der Waals surface area contributed by atoms with E-state index in [1.807, 2.05) is 12.1 Å². The molecule has 1 aliphatic carbocycles. The van der Waals surface area contributed by atoms with Gasteiger partial charge in [0.25, 0.3) is 0 Å².